The molecule has 0 spiro atoms. The number of carbonyl (C=O) groups is 6. The molecule has 0 aliphatic carbocycles. The van der Waals surface area contributed by atoms with Gasteiger partial charge in [0.15, 0.2) is 0 Å². The minimum absolute atomic E-state index is 0.0263. The molecule has 1 aromatic heterocycles. The van der Waals surface area contributed by atoms with E-state index in [1.807, 2.05) is 24.3 Å². The second kappa shape index (κ2) is 14.6. The number of nitrogens with one attached hydrogen (secondary N) is 4. The summed E-state index contributed by atoms with van der Waals surface area (Å²) in [7, 11) is 0. The van der Waals surface area contributed by atoms with Crippen molar-refractivity contribution in [2.24, 2.45) is 23.1 Å². The molecule has 0 saturated carbocycles. The molecule has 0 aliphatic rings. The van der Waals surface area contributed by atoms with Gasteiger partial charge in [0.25, 0.3) is 0 Å². The number of hydrogen-bond acceptors (Lipinski definition) is 7. The zero-order valence-corrected chi connectivity index (χ0v) is 22.4. The number of rotatable bonds is 16. The van der Waals surface area contributed by atoms with Crippen molar-refractivity contribution in [1.82, 2.24) is 20.9 Å². The summed E-state index contributed by atoms with van der Waals surface area (Å²) in [4.78, 5) is 76.2. The maximum atomic E-state index is 13.5. The number of carboxylic acid groups (broad SMARTS) is 1. The molecule has 14 heteroatoms. The van der Waals surface area contributed by atoms with Gasteiger partial charge in [-0.15, -0.1) is 0 Å². The van der Waals surface area contributed by atoms with Crippen LogP contribution in [0.2, 0.25) is 0 Å². The zero-order valence-electron chi connectivity index (χ0n) is 22.4. The Morgan fingerprint density at radius 3 is 2.05 bits per heavy atom. The number of para-hydroxylation sites is 1. The van der Waals surface area contributed by atoms with Gasteiger partial charge < -0.3 is 43.2 Å². The standard InChI is InChI=1S/C26H37N7O7/c1-13(2)22(25(38)31-18(26(39)40)8-10-21(29)35)33-24(37)19(32-23(36)16(27)7-9-20(28)34)11-14-12-30-17-6-4-3-5-15(14)17/h3-6,12-13,16,18-19,22,30H,7-11,27H2,1-2H3,(H2,28,34)(H2,29,35)(H,31,38)(H,32,36)(H,33,37)(H,39,40). The van der Waals surface area contributed by atoms with Gasteiger partial charge in [-0.2, -0.15) is 0 Å². The van der Waals surface area contributed by atoms with Gasteiger partial charge in [0.05, 0.1) is 6.04 Å². The first-order valence-corrected chi connectivity index (χ1v) is 12.8. The lowest BCUT2D eigenvalue weighted by atomic mass is 9.99. The van der Waals surface area contributed by atoms with E-state index in [4.69, 9.17) is 17.2 Å². The van der Waals surface area contributed by atoms with Crippen LogP contribution < -0.4 is 33.2 Å². The molecule has 2 rings (SSSR count). The van der Waals surface area contributed by atoms with E-state index in [0.29, 0.717) is 5.56 Å². The van der Waals surface area contributed by atoms with Crippen molar-refractivity contribution in [3.63, 3.8) is 0 Å². The molecule has 4 atom stereocenters. The molecular weight excluding hydrogens is 522 g/mol. The molecule has 1 heterocycles. The molecule has 5 amide bonds. The minimum atomic E-state index is -1.40. The molecule has 4 unspecified atom stereocenters. The highest BCUT2D eigenvalue weighted by atomic mass is 16.4. The molecule has 1 aromatic carbocycles. The fourth-order valence-corrected chi connectivity index (χ4v) is 4.03. The topological polar surface area (TPSA) is 253 Å². The second-order valence-corrected chi connectivity index (χ2v) is 9.87. The fourth-order valence-electron chi connectivity index (χ4n) is 4.03. The summed E-state index contributed by atoms with van der Waals surface area (Å²) in [6.45, 7) is 3.30. The molecule has 14 nitrogen and oxygen atoms in total. The van der Waals surface area contributed by atoms with Crippen LogP contribution in [0.15, 0.2) is 30.5 Å². The number of H-pyrrole nitrogens is 1. The first-order valence-electron chi connectivity index (χ1n) is 12.8. The number of aliphatic carboxylic acids is 1. The first-order chi connectivity index (χ1) is 18.8. The molecule has 218 valence electrons. The van der Waals surface area contributed by atoms with Crippen molar-refractivity contribution in [3.05, 3.63) is 36.0 Å². The Kier molecular flexibility index (Phi) is 11.6. The highest BCUT2D eigenvalue weighted by Gasteiger charge is 2.32. The molecule has 0 fully saturated rings. The van der Waals surface area contributed by atoms with Crippen LogP contribution >= 0.6 is 0 Å². The van der Waals surface area contributed by atoms with Gasteiger partial charge in [-0.25, -0.2) is 4.79 Å². The van der Waals surface area contributed by atoms with Gasteiger partial charge >= 0.3 is 5.97 Å². The quantitative estimate of drug-likeness (QED) is 0.123. The second-order valence-electron chi connectivity index (χ2n) is 9.87. The summed E-state index contributed by atoms with van der Waals surface area (Å²) in [6, 6.07) is 2.50. The molecular formula is C26H37N7O7. The normalized spacial score (nSPS) is 14.1. The Morgan fingerprint density at radius 1 is 0.850 bits per heavy atom. The smallest absolute Gasteiger partial charge is 0.326 e. The number of aromatic nitrogens is 1. The number of carboxylic acids is 1. The Bertz CT molecular complexity index is 1240. The van der Waals surface area contributed by atoms with Crippen molar-refractivity contribution in [2.45, 2.75) is 70.1 Å². The van der Waals surface area contributed by atoms with Gasteiger partial charge in [0, 0.05) is 36.4 Å². The van der Waals surface area contributed by atoms with E-state index < -0.39 is 65.6 Å². The van der Waals surface area contributed by atoms with E-state index in [2.05, 4.69) is 20.9 Å². The van der Waals surface area contributed by atoms with E-state index in [0.717, 1.165) is 10.9 Å². The van der Waals surface area contributed by atoms with Crippen molar-refractivity contribution >= 4 is 46.4 Å². The van der Waals surface area contributed by atoms with Gasteiger partial charge in [-0.05, 0) is 30.4 Å². The van der Waals surface area contributed by atoms with Crippen LogP contribution in [0.3, 0.4) is 0 Å². The monoisotopic (exact) mass is 559 g/mol. The van der Waals surface area contributed by atoms with Crippen molar-refractivity contribution in [1.29, 1.82) is 0 Å². The molecule has 40 heavy (non-hydrogen) atoms. The number of benzene rings is 1. The van der Waals surface area contributed by atoms with E-state index in [1.54, 1.807) is 20.0 Å². The summed E-state index contributed by atoms with van der Waals surface area (Å²) in [5.74, 6) is -5.37. The molecule has 0 aliphatic heterocycles. The van der Waals surface area contributed by atoms with Crippen LogP contribution in [0, 0.1) is 5.92 Å². The third-order valence-corrected chi connectivity index (χ3v) is 6.31. The predicted molar refractivity (Wildman–Crippen MR) is 145 cm³/mol. The van der Waals surface area contributed by atoms with E-state index in [1.165, 1.54) is 0 Å². The van der Waals surface area contributed by atoms with Crippen LogP contribution in [0.1, 0.15) is 45.1 Å². The lowest BCUT2D eigenvalue weighted by molar-refractivity contribution is -0.143. The Morgan fingerprint density at radius 2 is 1.45 bits per heavy atom. The van der Waals surface area contributed by atoms with Gasteiger partial charge in [0.1, 0.15) is 18.1 Å². The van der Waals surface area contributed by atoms with Gasteiger partial charge in [-0.1, -0.05) is 32.0 Å². The zero-order chi connectivity index (χ0) is 30.0. The third kappa shape index (κ3) is 9.38. The molecule has 2 aromatic rings. The number of amides is 5. The lowest BCUT2D eigenvalue weighted by Gasteiger charge is -2.27. The SMILES string of the molecule is CC(C)C(NC(=O)C(Cc1c[nH]c2ccccc12)NC(=O)C(N)CCC(N)=O)C(=O)NC(CCC(N)=O)C(=O)O. The van der Waals surface area contributed by atoms with Crippen molar-refractivity contribution < 1.29 is 33.9 Å². The average molecular weight is 560 g/mol. The van der Waals surface area contributed by atoms with Gasteiger partial charge in [0.2, 0.25) is 29.5 Å². The first kappa shape index (κ1) is 31.8. The number of nitrogens with two attached hydrogens (primary N) is 3. The van der Waals surface area contributed by atoms with Crippen LogP contribution in [-0.2, 0) is 35.2 Å². The average Bonchev–Trinajstić information content (AvgIpc) is 3.29. The lowest BCUT2D eigenvalue weighted by Crippen LogP contribution is -2.59. The summed E-state index contributed by atoms with van der Waals surface area (Å²) in [5.41, 5.74) is 17.7. The maximum absolute atomic E-state index is 13.5. The summed E-state index contributed by atoms with van der Waals surface area (Å²) >= 11 is 0. The largest absolute Gasteiger partial charge is 0.480 e. The molecule has 11 N–H and O–H groups in total. The van der Waals surface area contributed by atoms with E-state index >= 15 is 0 Å². The Hall–Kier alpha value is -4.46. The number of hydrogen-bond donors (Lipinski definition) is 8. The maximum Gasteiger partial charge on any atom is 0.326 e. The Labute approximate surface area is 230 Å². The highest BCUT2D eigenvalue weighted by molar-refractivity contribution is 5.95. The van der Waals surface area contributed by atoms with Crippen LogP contribution in [0.25, 0.3) is 10.9 Å². The number of primary amides is 2. The number of aromatic amines is 1. The van der Waals surface area contributed by atoms with Crippen LogP contribution in [-0.4, -0.2) is 69.8 Å². The van der Waals surface area contributed by atoms with Gasteiger partial charge in [-0.3, -0.25) is 24.0 Å². The number of carbonyl (C=O) groups excluding carboxylic acids is 5. The number of fused-ring (bicyclic) bond motifs is 1. The van der Waals surface area contributed by atoms with Crippen LogP contribution in [0.4, 0.5) is 0 Å². The molecule has 0 saturated heterocycles. The minimum Gasteiger partial charge on any atom is -0.480 e. The summed E-state index contributed by atoms with van der Waals surface area (Å²) in [6.07, 6.45) is 1.10. The molecule has 0 bridgehead atoms. The summed E-state index contributed by atoms with van der Waals surface area (Å²) < 4.78 is 0. The Balaban J connectivity index is 2.26. The fraction of sp³-hybridized carbons (Fsp3) is 0.462. The summed E-state index contributed by atoms with van der Waals surface area (Å²) in [5, 5.41) is 17.8. The molecule has 0 radical (unpaired) electrons. The van der Waals surface area contributed by atoms with Crippen LogP contribution in [0.5, 0.6) is 0 Å². The van der Waals surface area contributed by atoms with E-state index in [-0.39, 0.29) is 32.1 Å². The highest BCUT2D eigenvalue weighted by Crippen LogP contribution is 2.19. The third-order valence-electron chi connectivity index (χ3n) is 6.31. The van der Waals surface area contributed by atoms with E-state index in [9.17, 15) is 33.9 Å². The predicted octanol–water partition coefficient (Wildman–Crippen LogP) is -1.24. The van der Waals surface area contributed by atoms with Crippen molar-refractivity contribution in [3.8, 4) is 0 Å². The van der Waals surface area contributed by atoms with Crippen molar-refractivity contribution in [2.75, 3.05) is 0 Å².